The van der Waals surface area contributed by atoms with E-state index in [1.165, 1.54) is 27.8 Å². The molecule has 7 rings (SSSR count). The molecule has 0 spiro atoms. The van der Waals surface area contributed by atoms with Crippen LogP contribution in [0, 0.1) is 0 Å². The van der Waals surface area contributed by atoms with Gasteiger partial charge in [0.15, 0.2) is 0 Å². The minimum atomic E-state index is -0.140. The average Bonchev–Trinajstić information content (AvgIpc) is 3.34. The topological polar surface area (TPSA) is 43.6 Å². The van der Waals surface area contributed by atoms with Crippen molar-refractivity contribution in [1.29, 1.82) is 0 Å². The molecule has 4 heterocycles. The third kappa shape index (κ3) is 2.51. The smallest absolute Gasteiger partial charge is 0.138 e. The number of benzene rings is 2. The Morgan fingerprint density at radius 3 is 2.53 bits per heavy atom. The quantitative estimate of drug-likeness (QED) is 0.294. The summed E-state index contributed by atoms with van der Waals surface area (Å²) in [5.74, 6) is 0.884. The van der Waals surface area contributed by atoms with Gasteiger partial charge < -0.3 is 0 Å². The van der Waals surface area contributed by atoms with Crippen LogP contribution in [0.3, 0.4) is 0 Å². The van der Waals surface area contributed by atoms with Crippen LogP contribution in [0.25, 0.3) is 50.1 Å². The molecule has 4 nitrogen and oxygen atoms in total. The van der Waals surface area contributed by atoms with Gasteiger partial charge in [0.1, 0.15) is 5.82 Å². The van der Waals surface area contributed by atoms with Gasteiger partial charge >= 0.3 is 0 Å². The summed E-state index contributed by atoms with van der Waals surface area (Å²) in [6.07, 6.45) is 5.52. The van der Waals surface area contributed by atoms with Crippen molar-refractivity contribution in [3.63, 3.8) is 0 Å². The Morgan fingerprint density at radius 2 is 1.65 bits per heavy atom. The summed E-state index contributed by atoms with van der Waals surface area (Å²) < 4.78 is 2.30. The highest BCUT2D eigenvalue weighted by Gasteiger charge is 2.38. The Morgan fingerprint density at radius 1 is 0.765 bits per heavy atom. The molecule has 6 aromatic rings. The van der Waals surface area contributed by atoms with E-state index in [9.17, 15) is 0 Å². The fourth-order valence-electron chi connectivity index (χ4n) is 5.64. The van der Waals surface area contributed by atoms with Crippen LogP contribution in [0.5, 0.6) is 0 Å². The Labute approximate surface area is 197 Å². The molecule has 162 valence electrons. The van der Waals surface area contributed by atoms with Crippen molar-refractivity contribution in [2.45, 2.75) is 19.3 Å². The fraction of sp³-hybridized carbons (Fsp3) is 0.100. The monoisotopic (exact) mass is 438 g/mol. The summed E-state index contributed by atoms with van der Waals surface area (Å²) in [5.41, 5.74) is 10.3. The number of hydrogen-bond donors (Lipinski definition) is 0. The van der Waals surface area contributed by atoms with E-state index in [2.05, 4.69) is 78.0 Å². The maximum absolute atomic E-state index is 5.10. The second kappa shape index (κ2) is 6.84. The highest BCUT2D eigenvalue weighted by Crippen LogP contribution is 2.52. The first kappa shape index (κ1) is 19.2. The van der Waals surface area contributed by atoms with Crippen LogP contribution >= 0.6 is 0 Å². The molecular formula is C30H22N4. The Bertz CT molecular complexity index is 1730. The summed E-state index contributed by atoms with van der Waals surface area (Å²) in [4.78, 5) is 14.2. The van der Waals surface area contributed by atoms with Gasteiger partial charge in [-0.2, -0.15) is 0 Å². The second-order valence-corrected chi connectivity index (χ2v) is 9.38. The lowest BCUT2D eigenvalue weighted by Gasteiger charge is -2.23. The molecule has 0 aliphatic heterocycles. The van der Waals surface area contributed by atoms with Crippen LogP contribution in [0.1, 0.15) is 25.0 Å². The van der Waals surface area contributed by atoms with E-state index in [0.29, 0.717) is 0 Å². The molecule has 34 heavy (non-hydrogen) atoms. The van der Waals surface area contributed by atoms with Crippen molar-refractivity contribution >= 4 is 21.9 Å². The van der Waals surface area contributed by atoms with Gasteiger partial charge in [-0.25, -0.2) is 4.98 Å². The van der Waals surface area contributed by atoms with Gasteiger partial charge in [-0.3, -0.25) is 14.5 Å². The molecule has 4 heteroatoms. The fourth-order valence-corrected chi connectivity index (χ4v) is 5.64. The van der Waals surface area contributed by atoms with E-state index in [4.69, 9.17) is 9.97 Å². The van der Waals surface area contributed by atoms with Gasteiger partial charge in [0, 0.05) is 35.0 Å². The number of aromatic nitrogens is 4. The Balaban J connectivity index is 1.61. The number of hydrogen-bond acceptors (Lipinski definition) is 3. The standard InChI is InChI=1S/C30H22N4/c1-30(2)23-10-4-3-9-20(23)21-14-15-22-28-25(12-7-17-32-28)34(29(22)27(21)30)26-13-5-11-24(33-26)19-8-6-16-31-18-19/h3-18H,1-2H3. The van der Waals surface area contributed by atoms with Crippen LogP contribution in [0.15, 0.2) is 97.5 Å². The largest absolute Gasteiger partial charge is 0.292 e. The first-order valence-electron chi connectivity index (χ1n) is 11.5. The number of rotatable bonds is 2. The minimum absolute atomic E-state index is 0.140. The molecule has 0 atom stereocenters. The molecule has 1 aliphatic carbocycles. The first-order chi connectivity index (χ1) is 16.6. The summed E-state index contributed by atoms with van der Waals surface area (Å²) in [6, 6.07) is 27.6. The molecule has 0 bridgehead atoms. The number of pyridine rings is 3. The molecule has 0 fully saturated rings. The van der Waals surface area contributed by atoms with Gasteiger partial charge in [0.05, 0.1) is 22.2 Å². The SMILES string of the molecule is CC1(C)c2ccccc2-c2ccc3c4ncccc4n(-c4cccc(-c5cccnc5)n4)c3c21. The average molecular weight is 439 g/mol. The maximum Gasteiger partial charge on any atom is 0.138 e. The van der Waals surface area contributed by atoms with Gasteiger partial charge in [-0.1, -0.05) is 50.2 Å². The predicted molar refractivity (Wildman–Crippen MR) is 137 cm³/mol. The normalized spacial score (nSPS) is 13.8. The predicted octanol–water partition coefficient (Wildman–Crippen LogP) is 6.94. The zero-order valence-corrected chi connectivity index (χ0v) is 19.0. The zero-order chi connectivity index (χ0) is 22.9. The Hall–Kier alpha value is -4.31. The number of nitrogens with zero attached hydrogens (tertiary/aromatic N) is 4. The third-order valence-electron chi connectivity index (χ3n) is 7.12. The van der Waals surface area contributed by atoms with E-state index in [1.54, 1.807) is 6.20 Å². The molecule has 0 unspecified atom stereocenters. The third-order valence-corrected chi connectivity index (χ3v) is 7.12. The molecule has 2 aromatic carbocycles. The molecule has 0 amide bonds. The van der Waals surface area contributed by atoms with Crippen molar-refractivity contribution in [3.8, 4) is 28.2 Å². The van der Waals surface area contributed by atoms with E-state index in [-0.39, 0.29) is 5.41 Å². The first-order valence-corrected chi connectivity index (χ1v) is 11.5. The van der Waals surface area contributed by atoms with Crippen LogP contribution in [0.2, 0.25) is 0 Å². The van der Waals surface area contributed by atoms with Gasteiger partial charge in [0.25, 0.3) is 0 Å². The molecular weight excluding hydrogens is 416 g/mol. The zero-order valence-electron chi connectivity index (χ0n) is 19.0. The summed E-state index contributed by atoms with van der Waals surface area (Å²) in [7, 11) is 0. The molecule has 1 aliphatic rings. The van der Waals surface area contributed by atoms with E-state index in [0.717, 1.165) is 33.5 Å². The molecule has 0 N–H and O–H groups in total. The van der Waals surface area contributed by atoms with Gasteiger partial charge in [0.2, 0.25) is 0 Å². The maximum atomic E-state index is 5.10. The van der Waals surface area contributed by atoms with E-state index in [1.807, 2.05) is 36.7 Å². The van der Waals surface area contributed by atoms with Crippen molar-refractivity contribution in [1.82, 2.24) is 19.5 Å². The molecule has 0 saturated carbocycles. The highest BCUT2D eigenvalue weighted by atomic mass is 15.1. The van der Waals surface area contributed by atoms with Crippen molar-refractivity contribution in [3.05, 3.63) is 109 Å². The van der Waals surface area contributed by atoms with Crippen molar-refractivity contribution in [2.24, 2.45) is 0 Å². The number of fused-ring (bicyclic) bond motifs is 7. The molecule has 0 saturated heterocycles. The summed E-state index contributed by atoms with van der Waals surface area (Å²) in [5, 5.41) is 1.16. The van der Waals surface area contributed by atoms with Crippen LogP contribution in [-0.4, -0.2) is 19.5 Å². The van der Waals surface area contributed by atoms with Crippen molar-refractivity contribution < 1.29 is 0 Å². The van der Waals surface area contributed by atoms with E-state index >= 15 is 0 Å². The lowest BCUT2D eigenvalue weighted by atomic mass is 9.81. The summed E-state index contributed by atoms with van der Waals surface area (Å²) >= 11 is 0. The minimum Gasteiger partial charge on any atom is -0.292 e. The second-order valence-electron chi connectivity index (χ2n) is 9.38. The lowest BCUT2D eigenvalue weighted by molar-refractivity contribution is 0.663. The van der Waals surface area contributed by atoms with Crippen LogP contribution < -0.4 is 0 Å². The van der Waals surface area contributed by atoms with Crippen LogP contribution in [-0.2, 0) is 5.41 Å². The van der Waals surface area contributed by atoms with Crippen LogP contribution in [0.4, 0.5) is 0 Å². The molecule has 0 radical (unpaired) electrons. The Kier molecular flexibility index (Phi) is 3.86. The van der Waals surface area contributed by atoms with Gasteiger partial charge in [-0.05, 0) is 64.7 Å². The summed E-state index contributed by atoms with van der Waals surface area (Å²) in [6.45, 7) is 4.65. The highest BCUT2D eigenvalue weighted by molar-refractivity contribution is 6.11. The van der Waals surface area contributed by atoms with E-state index < -0.39 is 0 Å². The van der Waals surface area contributed by atoms with Crippen molar-refractivity contribution in [2.75, 3.05) is 0 Å². The van der Waals surface area contributed by atoms with Gasteiger partial charge in [-0.15, -0.1) is 0 Å². The lowest BCUT2D eigenvalue weighted by Crippen LogP contribution is -2.16. The molecule has 4 aromatic heterocycles.